The van der Waals surface area contributed by atoms with E-state index in [2.05, 4.69) is 15.9 Å². The van der Waals surface area contributed by atoms with Crippen LogP contribution in [0, 0.1) is 17.1 Å². The molecule has 2 atom stereocenters. The lowest BCUT2D eigenvalue weighted by molar-refractivity contribution is 0.00565. The first-order valence-corrected chi connectivity index (χ1v) is 8.98. The third-order valence-electron chi connectivity index (χ3n) is 4.01. The molecular formula is C18H23BrFN3O2. The van der Waals surface area contributed by atoms with Crippen LogP contribution in [0.2, 0.25) is 0 Å². The number of anilines is 1. The SMILES string of the molecule is CC1CN(c2cc(Br)cc(F)c2C#N)CC(C)N1C(=O)OC(C)(C)C. The van der Waals surface area contributed by atoms with Gasteiger partial charge in [0.05, 0.1) is 17.8 Å². The minimum atomic E-state index is -0.560. The number of rotatable bonds is 1. The monoisotopic (exact) mass is 411 g/mol. The molecule has 25 heavy (non-hydrogen) atoms. The fourth-order valence-corrected chi connectivity index (χ4v) is 3.53. The third-order valence-corrected chi connectivity index (χ3v) is 4.47. The topological polar surface area (TPSA) is 56.6 Å². The first kappa shape index (κ1) is 19.5. The highest BCUT2D eigenvalue weighted by Crippen LogP contribution is 2.31. The van der Waals surface area contributed by atoms with E-state index in [0.717, 1.165) is 0 Å². The number of benzene rings is 1. The maximum Gasteiger partial charge on any atom is 0.410 e. The van der Waals surface area contributed by atoms with E-state index in [-0.39, 0.29) is 23.7 Å². The van der Waals surface area contributed by atoms with Crippen LogP contribution in [0.15, 0.2) is 16.6 Å². The summed E-state index contributed by atoms with van der Waals surface area (Å²) in [6.45, 7) is 10.3. The number of carbonyl (C=O) groups is 1. The molecule has 1 aliphatic rings. The molecule has 0 saturated carbocycles. The van der Waals surface area contributed by atoms with Gasteiger partial charge in [0.2, 0.25) is 0 Å². The fourth-order valence-electron chi connectivity index (χ4n) is 3.11. The molecule has 136 valence electrons. The van der Waals surface area contributed by atoms with Gasteiger partial charge in [0, 0.05) is 17.6 Å². The van der Waals surface area contributed by atoms with E-state index in [1.165, 1.54) is 6.07 Å². The number of piperazine rings is 1. The van der Waals surface area contributed by atoms with E-state index < -0.39 is 11.4 Å². The van der Waals surface area contributed by atoms with Crippen molar-refractivity contribution in [1.29, 1.82) is 5.26 Å². The Morgan fingerprint density at radius 2 is 1.88 bits per heavy atom. The first-order valence-electron chi connectivity index (χ1n) is 8.19. The fraction of sp³-hybridized carbons (Fsp3) is 0.556. The van der Waals surface area contributed by atoms with E-state index in [9.17, 15) is 14.4 Å². The second-order valence-electron chi connectivity index (χ2n) is 7.38. The molecule has 2 rings (SSSR count). The number of ether oxygens (including phenoxy) is 1. The number of halogens is 2. The molecule has 0 N–H and O–H groups in total. The van der Waals surface area contributed by atoms with Gasteiger partial charge in [-0.05, 0) is 46.8 Å². The Balaban J connectivity index is 2.26. The van der Waals surface area contributed by atoms with Crippen LogP contribution in [0.3, 0.4) is 0 Å². The lowest BCUT2D eigenvalue weighted by Crippen LogP contribution is -2.59. The first-order chi connectivity index (χ1) is 11.5. The lowest BCUT2D eigenvalue weighted by atomic mass is 10.1. The summed E-state index contributed by atoms with van der Waals surface area (Å²) in [6.07, 6.45) is -0.354. The van der Waals surface area contributed by atoms with E-state index in [0.29, 0.717) is 23.2 Å². The van der Waals surface area contributed by atoms with Crippen molar-refractivity contribution in [2.75, 3.05) is 18.0 Å². The molecule has 0 aliphatic carbocycles. The molecular weight excluding hydrogens is 389 g/mol. The molecule has 1 aliphatic heterocycles. The second-order valence-corrected chi connectivity index (χ2v) is 8.30. The standard InChI is InChI=1S/C18H23BrFN3O2/c1-11-9-22(16-7-13(19)6-15(20)14(16)8-21)10-12(2)23(11)17(24)25-18(3,4)5/h6-7,11-12H,9-10H2,1-5H3. The van der Waals surface area contributed by atoms with Crippen molar-refractivity contribution in [3.63, 3.8) is 0 Å². The van der Waals surface area contributed by atoms with E-state index in [1.54, 1.807) is 11.0 Å². The zero-order valence-corrected chi connectivity index (χ0v) is 16.7. The van der Waals surface area contributed by atoms with Crippen molar-refractivity contribution in [2.24, 2.45) is 0 Å². The Morgan fingerprint density at radius 1 is 1.32 bits per heavy atom. The number of amides is 1. The van der Waals surface area contributed by atoms with Gasteiger partial charge in [0.1, 0.15) is 23.1 Å². The number of nitriles is 1. The molecule has 0 radical (unpaired) electrons. The smallest absolute Gasteiger partial charge is 0.410 e. The van der Waals surface area contributed by atoms with Crippen molar-refractivity contribution < 1.29 is 13.9 Å². The molecule has 5 nitrogen and oxygen atoms in total. The van der Waals surface area contributed by atoms with Gasteiger partial charge in [-0.15, -0.1) is 0 Å². The van der Waals surface area contributed by atoms with Crippen LogP contribution in [0.1, 0.15) is 40.2 Å². The van der Waals surface area contributed by atoms with Crippen LogP contribution in [-0.4, -0.2) is 41.8 Å². The predicted molar refractivity (Wildman–Crippen MR) is 98.0 cm³/mol. The van der Waals surface area contributed by atoms with Crippen molar-refractivity contribution in [3.05, 3.63) is 28.0 Å². The molecule has 0 aromatic heterocycles. The minimum Gasteiger partial charge on any atom is -0.444 e. The average molecular weight is 412 g/mol. The summed E-state index contributed by atoms with van der Waals surface area (Å²) in [7, 11) is 0. The van der Waals surface area contributed by atoms with Gasteiger partial charge in [0.15, 0.2) is 0 Å². The van der Waals surface area contributed by atoms with Gasteiger partial charge in [-0.3, -0.25) is 4.90 Å². The molecule has 1 heterocycles. The van der Waals surface area contributed by atoms with E-state index in [1.807, 2.05) is 45.6 Å². The Kier molecular flexibility index (Phi) is 5.62. The maximum atomic E-state index is 14.1. The van der Waals surface area contributed by atoms with Crippen LogP contribution in [-0.2, 0) is 4.74 Å². The molecule has 2 unspecified atom stereocenters. The summed E-state index contributed by atoms with van der Waals surface area (Å²) < 4.78 is 20.2. The minimum absolute atomic E-state index is 0.0216. The Hall–Kier alpha value is -1.81. The zero-order chi connectivity index (χ0) is 18.9. The highest BCUT2D eigenvalue weighted by Gasteiger charge is 2.36. The molecule has 7 heteroatoms. The zero-order valence-electron chi connectivity index (χ0n) is 15.1. The molecule has 0 bridgehead atoms. The van der Waals surface area contributed by atoms with Gasteiger partial charge in [0.25, 0.3) is 0 Å². The molecule has 1 saturated heterocycles. The van der Waals surface area contributed by atoms with Crippen LogP contribution in [0.4, 0.5) is 14.9 Å². The largest absolute Gasteiger partial charge is 0.444 e. The summed E-state index contributed by atoms with van der Waals surface area (Å²) in [5.74, 6) is -0.554. The third kappa shape index (κ3) is 4.43. The Morgan fingerprint density at radius 3 is 2.36 bits per heavy atom. The average Bonchev–Trinajstić information content (AvgIpc) is 2.43. The summed E-state index contributed by atoms with van der Waals surface area (Å²) in [4.78, 5) is 16.1. The van der Waals surface area contributed by atoms with Gasteiger partial charge < -0.3 is 9.64 Å². The summed E-state index contributed by atoms with van der Waals surface area (Å²) >= 11 is 3.28. The van der Waals surface area contributed by atoms with Crippen LogP contribution < -0.4 is 4.90 Å². The lowest BCUT2D eigenvalue weighted by Gasteiger charge is -2.45. The van der Waals surface area contributed by atoms with Gasteiger partial charge in [-0.1, -0.05) is 15.9 Å². The summed E-state index contributed by atoms with van der Waals surface area (Å²) in [6, 6.07) is 4.70. The highest BCUT2D eigenvalue weighted by molar-refractivity contribution is 9.10. The number of hydrogen-bond donors (Lipinski definition) is 0. The quantitative estimate of drug-likeness (QED) is 0.691. The molecule has 0 spiro atoms. The van der Waals surface area contributed by atoms with Crippen LogP contribution in [0.25, 0.3) is 0 Å². The van der Waals surface area contributed by atoms with Crippen LogP contribution in [0.5, 0.6) is 0 Å². The van der Waals surface area contributed by atoms with Crippen molar-refractivity contribution in [1.82, 2.24) is 4.90 Å². The van der Waals surface area contributed by atoms with Gasteiger partial charge >= 0.3 is 6.09 Å². The van der Waals surface area contributed by atoms with Gasteiger partial charge in [-0.25, -0.2) is 9.18 Å². The summed E-state index contributed by atoms with van der Waals surface area (Å²) in [5, 5.41) is 9.30. The van der Waals surface area contributed by atoms with Gasteiger partial charge in [-0.2, -0.15) is 5.26 Å². The van der Waals surface area contributed by atoms with E-state index in [4.69, 9.17) is 4.74 Å². The Labute approximate surface area is 156 Å². The highest BCUT2D eigenvalue weighted by atomic mass is 79.9. The second kappa shape index (κ2) is 7.20. The number of hydrogen-bond acceptors (Lipinski definition) is 4. The van der Waals surface area contributed by atoms with Crippen molar-refractivity contribution in [2.45, 2.75) is 52.3 Å². The summed E-state index contributed by atoms with van der Waals surface area (Å²) in [5.41, 5.74) is -0.0000582. The van der Waals surface area contributed by atoms with Crippen molar-refractivity contribution >= 4 is 27.7 Å². The molecule has 1 aromatic carbocycles. The van der Waals surface area contributed by atoms with E-state index >= 15 is 0 Å². The number of nitrogens with zero attached hydrogens (tertiary/aromatic N) is 3. The molecule has 1 fully saturated rings. The molecule has 1 aromatic rings. The molecule has 1 amide bonds. The van der Waals surface area contributed by atoms with Crippen molar-refractivity contribution in [3.8, 4) is 6.07 Å². The van der Waals surface area contributed by atoms with Crippen LogP contribution >= 0.6 is 15.9 Å². The normalized spacial score (nSPS) is 21.0. The maximum absolute atomic E-state index is 14.1. The Bertz CT molecular complexity index is 699. The number of carbonyl (C=O) groups excluding carboxylic acids is 1. The predicted octanol–water partition coefficient (Wildman–Crippen LogP) is 4.29.